The largest absolute Gasteiger partial charge is 0.494 e. The van der Waals surface area contributed by atoms with Crippen molar-refractivity contribution in [2.24, 2.45) is 0 Å². The first kappa shape index (κ1) is 15.7. The average molecular weight is 323 g/mol. The van der Waals surface area contributed by atoms with E-state index in [1.54, 1.807) is 12.1 Å². The molecule has 0 saturated carbocycles. The molecule has 0 aliphatic carbocycles. The molecule has 0 fully saturated rings. The van der Waals surface area contributed by atoms with E-state index in [0.29, 0.717) is 23.2 Å². The number of pyridine rings is 1. The monoisotopic (exact) mass is 322 g/mol. The van der Waals surface area contributed by atoms with E-state index >= 15 is 0 Å². The van der Waals surface area contributed by atoms with E-state index in [1.807, 2.05) is 31.2 Å². The summed E-state index contributed by atoms with van der Waals surface area (Å²) in [5, 5.41) is 3.26. The third-order valence-corrected chi connectivity index (χ3v) is 3.74. The second-order valence-corrected chi connectivity index (χ2v) is 5.59. The lowest BCUT2D eigenvalue weighted by atomic mass is 10.3. The van der Waals surface area contributed by atoms with Crippen molar-refractivity contribution < 1.29 is 9.53 Å². The summed E-state index contributed by atoms with van der Waals surface area (Å²) in [6.07, 6.45) is 1.50. The number of carbonyl (C=O) groups excluding carboxylic acids is 1. The minimum absolute atomic E-state index is 0.108. The number of rotatable bonds is 6. The number of hydrogen-bond donors (Lipinski definition) is 1. The third-order valence-electron chi connectivity index (χ3n) is 2.50. The Morgan fingerprint density at radius 1 is 1.29 bits per heavy atom. The fourth-order valence-corrected chi connectivity index (χ4v) is 2.39. The number of carbonyl (C=O) groups is 1. The predicted molar refractivity (Wildman–Crippen MR) is 86.2 cm³/mol. The van der Waals surface area contributed by atoms with Crippen LogP contribution in [0.25, 0.3) is 0 Å². The average Bonchev–Trinajstić information content (AvgIpc) is 2.49. The van der Waals surface area contributed by atoms with Gasteiger partial charge in [0.25, 0.3) is 0 Å². The van der Waals surface area contributed by atoms with Crippen LogP contribution in [0.3, 0.4) is 0 Å². The standard InChI is InChI=1S/C15H15ClN2O2S/c1-2-20-12-4-6-13(7-5-12)21-10-15(19)18-14-8-3-11(16)9-17-14/h3-9H,2,10H2,1H3,(H,17,18,19). The van der Waals surface area contributed by atoms with Crippen molar-refractivity contribution in [2.45, 2.75) is 11.8 Å². The molecule has 2 rings (SSSR count). The predicted octanol–water partition coefficient (Wildman–Crippen LogP) is 3.86. The van der Waals surface area contributed by atoms with Crippen molar-refractivity contribution in [1.29, 1.82) is 0 Å². The number of aromatic nitrogens is 1. The fraction of sp³-hybridized carbons (Fsp3) is 0.200. The van der Waals surface area contributed by atoms with Crippen LogP contribution in [-0.4, -0.2) is 23.3 Å². The van der Waals surface area contributed by atoms with E-state index in [4.69, 9.17) is 16.3 Å². The summed E-state index contributed by atoms with van der Waals surface area (Å²) < 4.78 is 5.37. The highest BCUT2D eigenvalue weighted by atomic mass is 35.5. The topological polar surface area (TPSA) is 51.2 Å². The Morgan fingerprint density at radius 2 is 2.05 bits per heavy atom. The minimum atomic E-state index is -0.108. The van der Waals surface area contributed by atoms with Crippen LogP contribution in [-0.2, 0) is 4.79 Å². The summed E-state index contributed by atoms with van der Waals surface area (Å²) in [6, 6.07) is 11.0. The van der Waals surface area contributed by atoms with Crippen LogP contribution in [0.5, 0.6) is 5.75 Å². The maximum Gasteiger partial charge on any atom is 0.235 e. The Morgan fingerprint density at radius 3 is 2.67 bits per heavy atom. The first-order valence-electron chi connectivity index (χ1n) is 6.44. The van der Waals surface area contributed by atoms with E-state index in [1.165, 1.54) is 18.0 Å². The molecule has 0 radical (unpaired) electrons. The first-order valence-corrected chi connectivity index (χ1v) is 7.81. The van der Waals surface area contributed by atoms with E-state index in [2.05, 4.69) is 10.3 Å². The molecule has 0 spiro atoms. The van der Waals surface area contributed by atoms with Gasteiger partial charge in [0.2, 0.25) is 5.91 Å². The lowest BCUT2D eigenvalue weighted by Crippen LogP contribution is -2.14. The van der Waals surface area contributed by atoms with Crippen molar-refractivity contribution in [3.63, 3.8) is 0 Å². The van der Waals surface area contributed by atoms with Crippen LogP contribution in [0.1, 0.15) is 6.92 Å². The molecule has 0 unspecified atom stereocenters. The number of anilines is 1. The summed E-state index contributed by atoms with van der Waals surface area (Å²) in [5.41, 5.74) is 0. The van der Waals surface area contributed by atoms with Gasteiger partial charge in [-0.25, -0.2) is 4.98 Å². The fourth-order valence-electron chi connectivity index (χ4n) is 1.58. The number of nitrogens with zero attached hydrogens (tertiary/aromatic N) is 1. The Kier molecular flexibility index (Phi) is 5.90. The number of ether oxygens (including phenoxy) is 1. The van der Waals surface area contributed by atoms with Crippen molar-refractivity contribution >= 4 is 35.1 Å². The van der Waals surface area contributed by atoms with Gasteiger partial charge in [0.05, 0.1) is 17.4 Å². The summed E-state index contributed by atoms with van der Waals surface area (Å²) in [7, 11) is 0. The Hall–Kier alpha value is -1.72. The minimum Gasteiger partial charge on any atom is -0.494 e. The molecule has 1 heterocycles. The Labute approximate surface area is 132 Å². The maximum atomic E-state index is 11.8. The molecule has 2 aromatic rings. The molecule has 6 heteroatoms. The second-order valence-electron chi connectivity index (χ2n) is 4.10. The normalized spacial score (nSPS) is 10.2. The molecule has 1 amide bonds. The molecule has 4 nitrogen and oxygen atoms in total. The highest BCUT2D eigenvalue weighted by Crippen LogP contribution is 2.21. The first-order chi connectivity index (χ1) is 10.2. The number of amides is 1. The van der Waals surface area contributed by atoms with E-state index in [-0.39, 0.29) is 5.91 Å². The van der Waals surface area contributed by atoms with Gasteiger partial charge in [-0.2, -0.15) is 0 Å². The summed E-state index contributed by atoms with van der Waals surface area (Å²) >= 11 is 7.19. The maximum absolute atomic E-state index is 11.8. The SMILES string of the molecule is CCOc1ccc(SCC(=O)Nc2ccc(Cl)cn2)cc1. The number of benzene rings is 1. The van der Waals surface area contributed by atoms with Gasteiger partial charge in [0.15, 0.2) is 0 Å². The quantitative estimate of drug-likeness (QED) is 0.820. The smallest absolute Gasteiger partial charge is 0.235 e. The molecule has 110 valence electrons. The van der Waals surface area contributed by atoms with E-state index < -0.39 is 0 Å². The summed E-state index contributed by atoms with van der Waals surface area (Å²) in [5.74, 6) is 1.54. The molecule has 0 atom stereocenters. The molecule has 0 saturated heterocycles. The van der Waals surface area contributed by atoms with E-state index in [9.17, 15) is 4.79 Å². The Balaban J connectivity index is 1.81. The van der Waals surface area contributed by atoms with Gasteiger partial charge in [-0.3, -0.25) is 4.79 Å². The second kappa shape index (κ2) is 7.90. The molecule has 0 bridgehead atoms. The van der Waals surface area contributed by atoms with Crippen molar-refractivity contribution in [2.75, 3.05) is 17.7 Å². The van der Waals surface area contributed by atoms with Gasteiger partial charge in [0.1, 0.15) is 11.6 Å². The lowest BCUT2D eigenvalue weighted by molar-refractivity contribution is -0.113. The molecule has 21 heavy (non-hydrogen) atoms. The van der Waals surface area contributed by atoms with E-state index in [0.717, 1.165) is 10.6 Å². The van der Waals surface area contributed by atoms with Gasteiger partial charge < -0.3 is 10.1 Å². The van der Waals surface area contributed by atoms with Crippen LogP contribution in [0.2, 0.25) is 5.02 Å². The lowest BCUT2D eigenvalue weighted by Gasteiger charge is -2.06. The van der Waals surface area contributed by atoms with Crippen LogP contribution < -0.4 is 10.1 Å². The molecule has 1 aromatic carbocycles. The number of hydrogen-bond acceptors (Lipinski definition) is 4. The molecular weight excluding hydrogens is 308 g/mol. The van der Waals surface area contributed by atoms with Crippen molar-refractivity contribution in [3.05, 3.63) is 47.6 Å². The van der Waals surface area contributed by atoms with Crippen LogP contribution in [0.4, 0.5) is 5.82 Å². The number of thioether (sulfide) groups is 1. The summed E-state index contributed by atoms with van der Waals surface area (Å²) in [4.78, 5) is 16.8. The highest BCUT2D eigenvalue weighted by Gasteiger charge is 2.05. The van der Waals surface area contributed by atoms with Gasteiger partial charge in [-0.1, -0.05) is 11.6 Å². The summed E-state index contributed by atoms with van der Waals surface area (Å²) in [6.45, 7) is 2.58. The van der Waals surface area contributed by atoms with Gasteiger partial charge in [-0.15, -0.1) is 11.8 Å². The van der Waals surface area contributed by atoms with Crippen LogP contribution in [0.15, 0.2) is 47.5 Å². The van der Waals surface area contributed by atoms with Crippen molar-refractivity contribution in [1.82, 2.24) is 4.98 Å². The third kappa shape index (κ3) is 5.28. The van der Waals surface area contributed by atoms with Crippen LogP contribution in [0, 0.1) is 0 Å². The highest BCUT2D eigenvalue weighted by molar-refractivity contribution is 8.00. The number of nitrogens with one attached hydrogen (secondary N) is 1. The van der Waals surface area contributed by atoms with Gasteiger partial charge in [-0.05, 0) is 43.3 Å². The van der Waals surface area contributed by atoms with Gasteiger partial charge >= 0.3 is 0 Å². The molecule has 0 aliphatic heterocycles. The molecule has 1 N–H and O–H groups in total. The Bertz CT molecular complexity index is 588. The zero-order valence-corrected chi connectivity index (χ0v) is 13.1. The molecule has 1 aromatic heterocycles. The van der Waals surface area contributed by atoms with Crippen LogP contribution >= 0.6 is 23.4 Å². The molecule has 0 aliphatic rings. The zero-order valence-electron chi connectivity index (χ0n) is 11.5. The van der Waals surface area contributed by atoms with Gasteiger partial charge in [0, 0.05) is 11.1 Å². The molecular formula is C15H15ClN2O2S. The van der Waals surface area contributed by atoms with Crippen molar-refractivity contribution in [3.8, 4) is 5.75 Å². The zero-order chi connectivity index (χ0) is 15.1. The number of halogens is 1.